The molecule has 0 spiro atoms. The number of carbonyl (C=O) groups excluding carboxylic acids is 2. The SMILES string of the molecule is CC(=O)Nc1cccc(C(C)NC(=O)OCC(F)(F)F)c1. The normalized spacial score (nSPS) is 12.4. The number of hydrogen-bond acceptors (Lipinski definition) is 3. The van der Waals surface area contributed by atoms with Crippen LogP contribution in [0, 0.1) is 0 Å². The lowest BCUT2D eigenvalue weighted by atomic mass is 10.1. The van der Waals surface area contributed by atoms with Crippen LogP contribution in [0.4, 0.5) is 23.7 Å². The fourth-order valence-electron chi connectivity index (χ4n) is 1.54. The lowest BCUT2D eigenvalue weighted by molar-refractivity contribution is -0.160. The number of amides is 2. The minimum absolute atomic E-state index is 0.252. The van der Waals surface area contributed by atoms with E-state index in [0.717, 1.165) is 0 Å². The Morgan fingerprint density at radius 3 is 2.57 bits per heavy atom. The maximum atomic E-state index is 11.9. The van der Waals surface area contributed by atoms with Gasteiger partial charge in [0, 0.05) is 12.6 Å². The maximum Gasteiger partial charge on any atom is 0.422 e. The molecule has 8 heteroatoms. The Labute approximate surface area is 119 Å². The van der Waals surface area contributed by atoms with Crippen molar-refractivity contribution in [3.63, 3.8) is 0 Å². The van der Waals surface area contributed by atoms with Crippen LogP contribution in [0.15, 0.2) is 24.3 Å². The van der Waals surface area contributed by atoms with Crippen LogP contribution in [-0.2, 0) is 9.53 Å². The molecule has 0 fully saturated rings. The summed E-state index contributed by atoms with van der Waals surface area (Å²) in [6.07, 6.45) is -5.73. The molecule has 0 aliphatic heterocycles. The zero-order chi connectivity index (χ0) is 16.0. The molecule has 1 aromatic rings. The first-order chi connectivity index (χ1) is 9.67. The van der Waals surface area contributed by atoms with E-state index in [2.05, 4.69) is 15.4 Å². The van der Waals surface area contributed by atoms with Gasteiger partial charge in [0.05, 0.1) is 6.04 Å². The molecule has 21 heavy (non-hydrogen) atoms. The van der Waals surface area contributed by atoms with E-state index in [0.29, 0.717) is 11.3 Å². The van der Waals surface area contributed by atoms with Crippen molar-refractivity contribution in [1.82, 2.24) is 5.32 Å². The van der Waals surface area contributed by atoms with E-state index in [1.807, 2.05) is 0 Å². The van der Waals surface area contributed by atoms with Crippen LogP contribution < -0.4 is 10.6 Å². The van der Waals surface area contributed by atoms with Gasteiger partial charge in [-0.25, -0.2) is 4.79 Å². The van der Waals surface area contributed by atoms with Crippen molar-refractivity contribution in [2.75, 3.05) is 11.9 Å². The van der Waals surface area contributed by atoms with E-state index in [9.17, 15) is 22.8 Å². The summed E-state index contributed by atoms with van der Waals surface area (Å²) in [7, 11) is 0. The molecule has 5 nitrogen and oxygen atoms in total. The quantitative estimate of drug-likeness (QED) is 0.898. The summed E-state index contributed by atoms with van der Waals surface area (Å²) in [5, 5.41) is 4.84. The van der Waals surface area contributed by atoms with Gasteiger partial charge in [-0.1, -0.05) is 12.1 Å². The maximum absolute atomic E-state index is 11.9. The van der Waals surface area contributed by atoms with Gasteiger partial charge in [-0.3, -0.25) is 4.79 Å². The molecule has 0 saturated carbocycles. The number of nitrogens with one attached hydrogen (secondary N) is 2. The van der Waals surface area contributed by atoms with Gasteiger partial charge in [-0.2, -0.15) is 13.2 Å². The Hall–Kier alpha value is -2.25. The summed E-state index contributed by atoms with van der Waals surface area (Å²) >= 11 is 0. The van der Waals surface area contributed by atoms with Gasteiger partial charge in [-0.15, -0.1) is 0 Å². The fraction of sp³-hybridized carbons (Fsp3) is 0.385. The highest BCUT2D eigenvalue weighted by Gasteiger charge is 2.29. The number of halogens is 3. The summed E-state index contributed by atoms with van der Waals surface area (Å²) < 4.78 is 39.8. The van der Waals surface area contributed by atoms with Gasteiger partial charge in [0.2, 0.25) is 5.91 Å². The number of benzene rings is 1. The third-order valence-corrected chi connectivity index (χ3v) is 2.41. The average Bonchev–Trinajstić information content (AvgIpc) is 2.35. The van der Waals surface area contributed by atoms with Crippen molar-refractivity contribution in [3.05, 3.63) is 29.8 Å². The van der Waals surface area contributed by atoms with E-state index in [4.69, 9.17) is 0 Å². The lowest BCUT2D eigenvalue weighted by Gasteiger charge is -2.16. The third-order valence-electron chi connectivity index (χ3n) is 2.41. The summed E-state index contributed by atoms with van der Waals surface area (Å²) in [5.74, 6) is -0.252. The summed E-state index contributed by atoms with van der Waals surface area (Å²) in [5.41, 5.74) is 1.14. The van der Waals surface area contributed by atoms with E-state index in [1.165, 1.54) is 6.92 Å². The van der Waals surface area contributed by atoms with Gasteiger partial charge in [0.1, 0.15) is 0 Å². The Morgan fingerprint density at radius 2 is 2.00 bits per heavy atom. The molecule has 2 amide bonds. The van der Waals surface area contributed by atoms with Crippen molar-refractivity contribution in [2.45, 2.75) is 26.1 Å². The second kappa shape index (κ2) is 6.96. The smallest absolute Gasteiger partial charge is 0.422 e. The minimum atomic E-state index is -4.56. The van der Waals surface area contributed by atoms with Gasteiger partial charge in [0.25, 0.3) is 0 Å². The van der Waals surface area contributed by atoms with Crippen molar-refractivity contribution in [2.24, 2.45) is 0 Å². The van der Waals surface area contributed by atoms with E-state index in [1.54, 1.807) is 31.2 Å². The molecular weight excluding hydrogens is 289 g/mol. The van der Waals surface area contributed by atoms with Gasteiger partial charge < -0.3 is 15.4 Å². The van der Waals surface area contributed by atoms with E-state index >= 15 is 0 Å². The molecule has 1 rings (SSSR count). The Morgan fingerprint density at radius 1 is 1.33 bits per heavy atom. The molecule has 1 atom stereocenters. The Balaban J connectivity index is 2.60. The molecule has 0 aliphatic carbocycles. The predicted octanol–water partition coefficient (Wildman–Crippen LogP) is 2.99. The molecule has 0 radical (unpaired) electrons. The Kier molecular flexibility index (Phi) is 5.57. The van der Waals surface area contributed by atoms with Crippen LogP contribution >= 0.6 is 0 Å². The first kappa shape index (κ1) is 16.8. The largest absolute Gasteiger partial charge is 0.440 e. The molecule has 0 heterocycles. The average molecular weight is 304 g/mol. The van der Waals surface area contributed by atoms with E-state index in [-0.39, 0.29) is 5.91 Å². The van der Waals surface area contributed by atoms with Crippen molar-refractivity contribution in [3.8, 4) is 0 Å². The monoisotopic (exact) mass is 304 g/mol. The summed E-state index contributed by atoms with van der Waals surface area (Å²) in [6.45, 7) is 1.29. The second-order valence-electron chi connectivity index (χ2n) is 4.36. The zero-order valence-electron chi connectivity index (χ0n) is 11.5. The molecule has 0 bridgehead atoms. The van der Waals surface area contributed by atoms with Gasteiger partial charge in [0.15, 0.2) is 6.61 Å². The highest BCUT2D eigenvalue weighted by molar-refractivity contribution is 5.88. The molecule has 116 valence electrons. The predicted molar refractivity (Wildman–Crippen MR) is 69.7 cm³/mol. The topological polar surface area (TPSA) is 67.4 Å². The molecule has 1 unspecified atom stereocenters. The van der Waals surface area contributed by atoms with Gasteiger partial charge >= 0.3 is 12.3 Å². The van der Waals surface area contributed by atoms with Crippen LogP contribution in [0.2, 0.25) is 0 Å². The lowest BCUT2D eigenvalue weighted by Crippen LogP contribution is -2.31. The molecular formula is C13H15F3N2O3. The van der Waals surface area contributed by atoms with Gasteiger partial charge in [-0.05, 0) is 24.6 Å². The number of ether oxygens (including phenoxy) is 1. The minimum Gasteiger partial charge on any atom is -0.440 e. The molecule has 1 aromatic carbocycles. The second-order valence-corrected chi connectivity index (χ2v) is 4.36. The Bertz CT molecular complexity index is 518. The number of hydrogen-bond donors (Lipinski definition) is 2. The number of carbonyl (C=O) groups is 2. The fourth-order valence-corrected chi connectivity index (χ4v) is 1.54. The summed E-state index contributed by atoms with van der Waals surface area (Å²) in [6, 6.07) is 6.01. The standard InChI is InChI=1S/C13H15F3N2O3/c1-8(17-12(20)21-7-13(14,15)16)10-4-3-5-11(6-10)18-9(2)19/h3-6,8H,7H2,1-2H3,(H,17,20)(H,18,19). The van der Waals surface area contributed by atoms with Crippen molar-refractivity contribution in [1.29, 1.82) is 0 Å². The molecule has 0 aliphatic rings. The highest BCUT2D eigenvalue weighted by Crippen LogP contribution is 2.18. The molecule has 2 N–H and O–H groups in total. The van der Waals surface area contributed by atoms with Crippen LogP contribution in [0.1, 0.15) is 25.5 Å². The molecule has 0 saturated heterocycles. The van der Waals surface area contributed by atoms with Crippen molar-refractivity contribution >= 4 is 17.7 Å². The number of alkyl halides is 3. The van der Waals surface area contributed by atoms with Crippen molar-refractivity contribution < 1.29 is 27.5 Å². The third kappa shape index (κ3) is 6.64. The first-order valence-electron chi connectivity index (χ1n) is 6.05. The zero-order valence-corrected chi connectivity index (χ0v) is 11.5. The van der Waals surface area contributed by atoms with Crippen LogP contribution in [0.3, 0.4) is 0 Å². The summed E-state index contributed by atoms with van der Waals surface area (Å²) in [4.78, 5) is 22.2. The van der Waals surface area contributed by atoms with E-state index < -0.39 is 24.9 Å². The first-order valence-corrected chi connectivity index (χ1v) is 6.05. The number of rotatable bonds is 4. The molecule has 0 aromatic heterocycles. The van der Waals surface area contributed by atoms with Crippen LogP contribution in [-0.4, -0.2) is 24.8 Å². The highest BCUT2D eigenvalue weighted by atomic mass is 19.4. The number of alkyl carbamates (subject to hydrolysis) is 1. The van der Waals surface area contributed by atoms with Crippen LogP contribution in [0.25, 0.3) is 0 Å². The number of anilines is 1. The van der Waals surface area contributed by atoms with Crippen LogP contribution in [0.5, 0.6) is 0 Å².